The van der Waals surface area contributed by atoms with Crippen LogP contribution in [-0.4, -0.2) is 28.3 Å². The molecule has 0 saturated heterocycles. The fourth-order valence-electron chi connectivity index (χ4n) is 0.235. The highest BCUT2D eigenvalue weighted by molar-refractivity contribution is 7.87. The summed E-state index contributed by atoms with van der Waals surface area (Å²) in [6.45, 7) is 2.68. The van der Waals surface area contributed by atoms with E-state index in [1.165, 1.54) is 19.5 Å². The summed E-state index contributed by atoms with van der Waals surface area (Å²) in [5, 5.41) is 0. The van der Waals surface area contributed by atoms with Crippen LogP contribution >= 0.6 is 0 Å². The van der Waals surface area contributed by atoms with Crippen molar-refractivity contribution in [1.29, 1.82) is 0 Å². The molecule has 0 aliphatic heterocycles. The second-order valence-corrected chi connectivity index (χ2v) is 5.66. The molecule has 0 atom stereocenters. The minimum absolute atomic E-state index is 0.282. The van der Waals surface area contributed by atoms with Gasteiger partial charge in [-0.3, -0.25) is 0 Å². The van der Waals surface area contributed by atoms with E-state index in [1.807, 2.05) is 0 Å². The summed E-state index contributed by atoms with van der Waals surface area (Å²) in [4.78, 5) is 0. The minimum Gasteiger partial charge on any atom is -0.198 e. The van der Waals surface area contributed by atoms with E-state index >= 15 is 0 Å². The Bertz CT molecular complexity index is 296. The van der Waals surface area contributed by atoms with E-state index in [0.717, 1.165) is 0 Å². The van der Waals surface area contributed by atoms with Crippen molar-refractivity contribution in [2.75, 3.05) is 11.5 Å². The Kier molecular flexibility index (Phi) is 4.78. The molecule has 0 fully saturated rings. The zero-order chi connectivity index (χ0) is 10.5. The average Bonchev–Trinajstić information content (AvgIpc) is 2.04. The van der Waals surface area contributed by atoms with Crippen molar-refractivity contribution < 1.29 is 25.4 Å². The molecule has 0 saturated carbocycles. The summed E-state index contributed by atoms with van der Waals surface area (Å²) >= 11 is 0. The molecule has 0 aliphatic carbocycles. The summed E-state index contributed by atoms with van der Waals surface area (Å²) in [5.74, 6) is -0.564. The highest BCUT2D eigenvalue weighted by atomic mass is 32.2. The van der Waals surface area contributed by atoms with Crippen molar-refractivity contribution in [3.63, 3.8) is 0 Å². The van der Waals surface area contributed by atoms with Gasteiger partial charge in [0.2, 0.25) is 0 Å². The number of rotatable bonds is 6. The van der Waals surface area contributed by atoms with E-state index in [9.17, 15) is 16.8 Å². The Labute approximate surface area is 77.2 Å². The van der Waals surface area contributed by atoms with Crippen molar-refractivity contribution in [3.05, 3.63) is 0 Å². The SMILES string of the molecule is CCS(=O)(=O)ONOS(=O)(=O)CC. The van der Waals surface area contributed by atoms with E-state index in [2.05, 4.69) is 8.57 Å². The van der Waals surface area contributed by atoms with Crippen molar-refractivity contribution in [3.8, 4) is 0 Å². The number of nitrogens with one attached hydrogen (secondary N) is 1. The summed E-state index contributed by atoms with van der Waals surface area (Å²) in [6.07, 6.45) is 0. The molecule has 0 aromatic carbocycles. The first-order chi connectivity index (χ1) is 5.83. The Morgan fingerprint density at radius 3 is 1.46 bits per heavy atom. The predicted octanol–water partition coefficient (Wildman–Crippen LogP) is -0.861. The molecule has 0 rings (SSSR count). The lowest BCUT2D eigenvalue weighted by Crippen LogP contribution is -2.25. The lowest BCUT2D eigenvalue weighted by Gasteiger charge is -2.03. The van der Waals surface area contributed by atoms with Gasteiger partial charge in [-0.25, -0.2) is 0 Å². The Morgan fingerprint density at radius 1 is 0.923 bits per heavy atom. The fraction of sp³-hybridized carbons (Fsp3) is 1.00. The molecule has 0 heterocycles. The molecule has 0 radical (unpaired) electrons. The molecule has 13 heavy (non-hydrogen) atoms. The first-order valence-corrected chi connectivity index (χ1v) is 6.55. The third kappa shape index (κ3) is 5.93. The summed E-state index contributed by atoms with van der Waals surface area (Å²) < 4.78 is 50.3. The first kappa shape index (κ1) is 12.8. The summed E-state index contributed by atoms with van der Waals surface area (Å²) in [7, 11) is -7.50. The first-order valence-electron chi connectivity index (χ1n) is 3.40. The summed E-state index contributed by atoms with van der Waals surface area (Å²) in [5.41, 5.74) is 1.39. The van der Waals surface area contributed by atoms with Crippen LogP contribution in [0.4, 0.5) is 0 Å². The molecule has 0 unspecified atom stereocenters. The van der Waals surface area contributed by atoms with Gasteiger partial charge in [0.25, 0.3) is 20.2 Å². The normalized spacial score (nSPS) is 13.1. The van der Waals surface area contributed by atoms with E-state index in [4.69, 9.17) is 0 Å². The lowest BCUT2D eigenvalue weighted by molar-refractivity contribution is -0.00687. The fourth-order valence-corrected chi connectivity index (χ4v) is 0.790. The highest BCUT2D eigenvalue weighted by Crippen LogP contribution is 1.92. The molecule has 0 amide bonds. The monoisotopic (exact) mass is 233 g/mol. The summed E-state index contributed by atoms with van der Waals surface area (Å²) in [6, 6.07) is 0. The third-order valence-corrected chi connectivity index (χ3v) is 3.09. The molecule has 0 bridgehead atoms. The largest absolute Gasteiger partial charge is 0.284 e. The van der Waals surface area contributed by atoms with Crippen LogP contribution in [0.15, 0.2) is 0 Å². The molecule has 1 N–H and O–H groups in total. The van der Waals surface area contributed by atoms with E-state index in [0.29, 0.717) is 0 Å². The average molecular weight is 233 g/mol. The van der Waals surface area contributed by atoms with Gasteiger partial charge in [-0.05, 0) is 19.5 Å². The molecule has 80 valence electrons. The lowest BCUT2D eigenvalue weighted by atomic mass is 11.0. The predicted molar refractivity (Wildman–Crippen MR) is 44.2 cm³/mol. The van der Waals surface area contributed by atoms with Gasteiger partial charge in [-0.15, -0.1) is 0 Å². The molecule has 0 aromatic heterocycles. The van der Waals surface area contributed by atoms with Crippen molar-refractivity contribution in [2.45, 2.75) is 13.8 Å². The molecule has 9 heteroatoms. The second-order valence-electron chi connectivity index (χ2n) is 1.94. The van der Waals surface area contributed by atoms with Gasteiger partial charge >= 0.3 is 0 Å². The van der Waals surface area contributed by atoms with E-state index in [-0.39, 0.29) is 11.5 Å². The standard InChI is InChI=1S/C4H11NO6S2/c1-3-12(6,7)10-5-11-13(8,9)4-2/h5H,3-4H2,1-2H3. The molecule has 0 aromatic rings. The molecule has 0 aliphatic rings. The zero-order valence-corrected chi connectivity index (χ0v) is 8.81. The van der Waals surface area contributed by atoms with Gasteiger partial charge in [-0.2, -0.15) is 25.4 Å². The van der Waals surface area contributed by atoms with Crippen LogP contribution in [0.25, 0.3) is 0 Å². The van der Waals surface area contributed by atoms with Gasteiger partial charge in [0.05, 0.1) is 11.5 Å². The highest BCUT2D eigenvalue weighted by Gasteiger charge is 2.11. The van der Waals surface area contributed by atoms with Crippen LogP contribution in [0, 0.1) is 0 Å². The van der Waals surface area contributed by atoms with Crippen LogP contribution in [0.2, 0.25) is 0 Å². The molecule has 7 nitrogen and oxygen atoms in total. The molecular formula is C4H11NO6S2. The van der Waals surface area contributed by atoms with Gasteiger partial charge in [0, 0.05) is 0 Å². The Hall–Kier alpha value is -0.220. The Morgan fingerprint density at radius 2 is 1.23 bits per heavy atom. The second kappa shape index (κ2) is 4.86. The Balaban J connectivity index is 3.96. The van der Waals surface area contributed by atoms with E-state index in [1.54, 1.807) is 0 Å². The topological polar surface area (TPSA) is 98.8 Å². The molecule has 0 spiro atoms. The van der Waals surface area contributed by atoms with Gasteiger partial charge in [-0.1, -0.05) is 0 Å². The van der Waals surface area contributed by atoms with Gasteiger partial charge in [0.1, 0.15) is 0 Å². The van der Waals surface area contributed by atoms with Gasteiger partial charge in [0.15, 0.2) is 0 Å². The molecular weight excluding hydrogens is 222 g/mol. The van der Waals surface area contributed by atoms with Crippen LogP contribution in [0.5, 0.6) is 0 Å². The van der Waals surface area contributed by atoms with Crippen LogP contribution in [0.1, 0.15) is 13.8 Å². The van der Waals surface area contributed by atoms with Crippen molar-refractivity contribution in [1.82, 2.24) is 5.64 Å². The van der Waals surface area contributed by atoms with Crippen LogP contribution in [-0.2, 0) is 28.8 Å². The maximum absolute atomic E-state index is 10.6. The number of hydrogen-bond donors (Lipinski definition) is 1. The zero-order valence-electron chi connectivity index (χ0n) is 7.18. The third-order valence-electron chi connectivity index (χ3n) is 1.03. The van der Waals surface area contributed by atoms with Crippen LogP contribution in [0.3, 0.4) is 0 Å². The maximum Gasteiger partial charge on any atom is 0.284 e. The van der Waals surface area contributed by atoms with Gasteiger partial charge < -0.3 is 0 Å². The van der Waals surface area contributed by atoms with Crippen molar-refractivity contribution >= 4 is 20.2 Å². The number of hydrogen-bond acceptors (Lipinski definition) is 7. The maximum atomic E-state index is 10.6. The smallest absolute Gasteiger partial charge is 0.198 e. The minimum atomic E-state index is -3.75. The van der Waals surface area contributed by atoms with Crippen LogP contribution < -0.4 is 5.64 Å². The quantitative estimate of drug-likeness (QED) is 0.596. The van der Waals surface area contributed by atoms with E-state index < -0.39 is 20.2 Å². The van der Waals surface area contributed by atoms with Crippen molar-refractivity contribution in [2.24, 2.45) is 0 Å².